The first-order valence-electron chi connectivity index (χ1n) is 4.84. The van der Waals surface area contributed by atoms with Gasteiger partial charge in [-0.3, -0.25) is 0 Å². The van der Waals surface area contributed by atoms with Gasteiger partial charge in [0, 0.05) is 7.11 Å². The highest BCUT2D eigenvalue weighted by atomic mass is 16.5. The Morgan fingerprint density at radius 1 is 1.25 bits per heavy atom. The van der Waals surface area contributed by atoms with Crippen LogP contribution in [0.2, 0.25) is 0 Å². The summed E-state index contributed by atoms with van der Waals surface area (Å²) in [5.74, 6) is 0.941. The Morgan fingerprint density at radius 2 is 1.67 bits per heavy atom. The van der Waals surface area contributed by atoms with Crippen LogP contribution in [0.3, 0.4) is 0 Å². The monoisotopic (exact) mass is 170 g/mol. The molecule has 0 spiro atoms. The van der Waals surface area contributed by atoms with Gasteiger partial charge in [0.05, 0.1) is 6.10 Å². The van der Waals surface area contributed by atoms with E-state index in [1.165, 1.54) is 25.7 Å². The lowest BCUT2D eigenvalue weighted by Crippen LogP contribution is -2.18. The van der Waals surface area contributed by atoms with Crippen LogP contribution in [0.5, 0.6) is 0 Å². The van der Waals surface area contributed by atoms with Crippen molar-refractivity contribution in [3.05, 3.63) is 12.7 Å². The van der Waals surface area contributed by atoms with E-state index in [1.807, 2.05) is 14.0 Å². The van der Waals surface area contributed by atoms with Crippen LogP contribution in [0, 0.1) is 5.92 Å². The molecule has 0 atom stereocenters. The average Bonchev–Trinajstić information content (AvgIpc) is 2.07. The molecule has 72 valence electrons. The number of methoxy groups -OCH3 is 1. The van der Waals surface area contributed by atoms with Crippen molar-refractivity contribution in [1.29, 1.82) is 0 Å². The van der Waals surface area contributed by atoms with Crippen LogP contribution in [0.4, 0.5) is 0 Å². The molecule has 0 aromatic rings. The first kappa shape index (κ1) is 11.7. The molecule has 1 saturated carbocycles. The molecule has 0 unspecified atom stereocenters. The van der Waals surface area contributed by atoms with Crippen LogP contribution in [0.25, 0.3) is 0 Å². The van der Waals surface area contributed by atoms with Gasteiger partial charge in [0.25, 0.3) is 0 Å². The van der Waals surface area contributed by atoms with E-state index in [1.54, 1.807) is 6.08 Å². The van der Waals surface area contributed by atoms with E-state index in [0.29, 0.717) is 6.10 Å². The van der Waals surface area contributed by atoms with Gasteiger partial charge in [-0.2, -0.15) is 0 Å². The Hall–Kier alpha value is -0.300. The SMILES string of the molecule is C=CC.COC1CCC(C)CC1. The fourth-order valence-corrected chi connectivity index (χ4v) is 1.47. The van der Waals surface area contributed by atoms with Crippen LogP contribution in [0.1, 0.15) is 39.5 Å². The van der Waals surface area contributed by atoms with Crippen LogP contribution in [-0.2, 0) is 4.74 Å². The maximum absolute atomic E-state index is 5.24. The van der Waals surface area contributed by atoms with Crippen molar-refractivity contribution in [2.24, 2.45) is 5.92 Å². The highest BCUT2D eigenvalue weighted by Crippen LogP contribution is 2.24. The summed E-state index contributed by atoms with van der Waals surface area (Å²) in [5, 5.41) is 0. The average molecular weight is 170 g/mol. The predicted molar refractivity (Wildman–Crippen MR) is 54.3 cm³/mol. The van der Waals surface area contributed by atoms with E-state index in [0.717, 1.165) is 5.92 Å². The smallest absolute Gasteiger partial charge is 0.0571 e. The Bertz CT molecular complexity index is 102. The van der Waals surface area contributed by atoms with Gasteiger partial charge in [-0.05, 0) is 38.5 Å². The minimum Gasteiger partial charge on any atom is -0.381 e. The van der Waals surface area contributed by atoms with Crippen LogP contribution in [0.15, 0.2) is 12.7 Å². The number of hydrogen-bond donors (Lipinski definition) is 0. The lowest BCUT2D eigenvalue weighted by molar-refractivity contribution is 0.0593. The van der Waals surface area contributed by atoms with Crippen molar-refractivity contribution in [3.63, 3.8) is 0 Å². The zero-order valence-corrected chi connectivity index (χ0v) is 8.68. The molecule has 0 aromatic carbocycles. The summed E-state index contributed by atoms with van der Waals surface area (Å²) < 4.78 is 5.24. The Balaban J connectivity index is 0.000000354. The molecule has 1 heteroatoms. The first-order valence-corrected chi connectivity index (χ1v) is 4.84. The van der Waals surface area contributed by atoms with Gasteiger partial charge in [-0.25, -0.2) is 0 Å². The molecule has 0 heterocycles. The molecule has 1 aliphatic rings. The van der Waals surface area contributed by atoms with Gasteiger partial charge in [0.2, 0.25) is 0 Å². The van der Waals surface area contributed by atoms with E-state index in [4.69, 9.17) is 4.74 Å². The number of hydrogen-bond acceptors (Lipinski definition) is 1. The largest absolute Gasteiger partial charge is 0.381 e. The van der Waals surface area contributed by atoms with Crippen LogP contribution in [-0.4, -0.2) is 13.2 Å². The summed E-state index contributed by atoms with van der Waals surface area (Å²) in [7, 11) is 1.82. The maximum atomic E-state index is 5.24. The van der Waals surface area contributed by atoms with Gasteiger partial charge >= 0.3 is 0 Å². The fraction of sp³-hybridized carbons (Fsp3) is 0.818. The van der Waals surface area contributed by atoms with E-state index < -0.39 is 0 Å². The molecular weight excluding hydrogens is 148 g/mol. The third-order valence-corrected chi connectivity index (χ3v) is 2.30. The van der Waals surface area contributed by atoms with Crippen molar-refractivity contribution < 1.29 is 4.74 Å². The van der Waals surface area contributed by atoms with Gasteiger partial charge in [-0.1, -0.05) is 13.0 Å². The Morgan fingerprint density at radius 3 is 2.00 bits per heavy atom. The Kier molecular flexibility index (Phi) is 7.17. The summed E-state index contributed by atoms with van der Waals surface area (Å²) in [6, 6.07) is 0. The number of rotatable bonds is 1. The molecule has 0 saturated heterocycles. The zero-order valence-electron chi connectivity index (χ0n) is 8.68. The number of ether oxygens (including phenoxy) is 1. The minimum atomic E-state index is 0.571. The molecule has 1 rings (SSSR count). The minimum absolute atomic E-state index is 0.571. The number of allylic oxidation sites excluding steroid dienone is 1. The summed E-state index contributed by atoms with van der Waals surface area (Å²) in [4.78, 5) is 0. The normalized spacial score (nSPS) is 28.6. The maximum Gasteiger partial charge on any atom is 0.0571 e. The molecule has 0 radical (unpaired) electrons. The van der Waals surface area contributed by atoms with E-state index >= 15 is 0 Å². The van der Waals surface area contributed by atoms with Crippen LogP contribution < -0.4 is 0 Å². The van der Waals surface area contributed by atoms with Gasteiger partial charge < -0.3 is 4.74 Å². The van der Waals surface area contributed by atoms with E-state index in [9.17, 15) is 0 Å². The topological polar surface area (TPSA) is 9.23 Å². The Labute approximate surface area is 76.8 Å². The third-order valence-electron chi connectivity index (χ3n) is 2.30. The molecule has 0 aromatic heterocycles. The highest BCUT2D eigenvalue weighted by molar-refractivity contribution is 4.68. The molecule has 0 N–H and O–H groups in total. The van der Waals surface area contributed by atoms with Crippen molar-refractivity contribution in [2.75, 3.05) is 7.11 Å². The predicted octanol–water partition coefficient (Wildman–Crippen LogP) is 3.40. The molecular formula is C11H22O. The lowest BCUT2D eigenvalue weighted by Gasteiger charge is -2.24. The molecule has 0 amide bonds. The molecule has 0 bridgehead atoms. The standard InChI is InChI=1S/C8H16O.C3H6/c1-7-3-5-8(9-2)6-4-7;1-3-2/h7-8H,3-6H2,1-2H3;3H,1H2,2H3. The van der Waals surface area contributed by atoms with Crippen molar-refractivity contribution in [1.82, 2.24) is 0 Å². The van der Waals surface area contributed by atoms with Crippen molar-refractivity contribution >= 4 is 0 Å². The summed E-state index contributed by atoms with van der Waals surface area (Å²) in [6.07, 6.45) is 7.59. The second kappa shape index (κ2) is 7.35. The fourth-order valence-electron chi connectivity index (χ4n) is 1.47. The molecule has 1 aliphatic carbocycles. The van der Waals surface area contributed by atoms with E-state index in [2.05, 4.69) is 13.5 Å². The quantitative estimate of drug-likeness (QED) is 0.548. The first-order chi connectivity index (χ1) is 5.74. The summed E-state index contributed by atoms with van der Waals surface area (Å²) in [6.45, 7) is 7.58. The second-order valence-corrected chi connectivity index (χ2v) is 3.53. The van der Waals surface area contributed by atoms with Gasteiger partial charge in [0.1, 0.15) is 0 Å². The molecule has 12 heavy (non-hydrogen) atoms. The van der Waals surface area contributed by atoms with Crippen molar-refractivity contribution in [3.8, 4) is 0 Å². The zero-order chi connectivity index (χ0) is 9.40. The van der Waals surface area contributed by atoms with E-state index in [-0.39, 0.29) is 0 Å². The second-order valence-electron chi connectivity index (χ2n) is 3.53. The van der Waals surface area contributed by atoms with Gasteiger partial charge in [0.15, 0.2) is 0 Å². The lowest BCUT2D eigenvalue weighted by atomic mass is 9.89. The van der Waals surface area contributed by atoms with Gasteiger partial charge in [-0.15, -0.1) is 6.58 Å². The van der Waals surface area contributed by atoms with Crippen molar-refractivity contribution in [2.45, 2.75) is 45.6 Å². The summed E-state index contributed by atoms with van der Waals surface area (Å²) in [5.41, 5.74) is 0. The third kappa shape index (κ3) is 5.36. The molecule has 1 fully saturated rings. The summed E-state index contributed by atoms with van der Waals surface area (Å²) >= 11 is 0. The van der Waals surface area contributed by atoms with Crippen LogP contribution >= 0.6 is 0 Å². The molecule has 0 aliphatic heterocycles. The molecule has 1 nitrogen and oxygen atoms in total. The highest BCUT2D eigenvalue weighted by Gasteiger charge is 2.16.